The topological polar surface area (TPSA) is 70.2 Å². The predicted molar refractivity (Wildman–Crippen MR) is 62.1 cm³/mol. The van der Waals surface area contributed by atoms with Crippen LogP contribution in [0.25, 0.3) is 0 Å². The Balaban J connectivity index is 2.29. The van der Waals surface area contributed by atoms with Gasteiger partial charge < -0.3 is 16.0 Å². The van der Waals surface area contributed by atoms with Gasteiger partial charge in [0, 0.05) is 12.2 Å². The molecule has 5 heteroatoms. The highest BCUT2D eigenvalue weighted by molar-refractivity contribution is 5.94. The minimum Gasteiger partial charge on any atom is -0.338 e. The maximum atomic E-state index is 11.4. The summed E-state index contributed by atoms with van der Waals surface area (Å²) in [4.78, 5) is 22.4. The van der Waals surface area contributed by atoms with E-state index < -0.39 is 0 Å². The van der Waals surface area contributed by atoms with E-state index in [-0.39, 0.29) is 18.5 Å². The van der Waals surface area contributed by atoms with Gasteiger partial charge >= 0.3 is 6.03 Å². The lowest BCUT2D eigenvalue weighted by Crippen LogP contribution is -2.39. The lowest BCUT2D eigenvalue weighted by atomic mass is 10.3. The van der Waals surface area contributed by atoms with E-state index in [0.29, 0.717) is 12.2 Å². The summed E-state index contributed by atoms with van der Waals surface area (Å²) in [5.74, 6) is -0.252. The van der Waals surface area contributed by atoms with E-state index in [2.05, 4.69) is 16.0 Å². The van der Waals surface area contributed by atoms with Crippen molar-refractivity contribution in [2.45, 2.75) is 6.92 Å². The average molecular weight is 221 g/mol. The number of urea groups is 1. The van der Waals surface area contributed by atoms with E-state index in [1.54, 1.807) is 12.1 Å². The van der Waals surface area contributed by atoms with Crippen LogP contribution in [0.15, 0.2) is 30.3 Å². The first-order chi connectivity index (χ1) is 7.72. The maximum absolute atomic E-state index is 11.4. The van der Waals surface area contributed by atoms with Crippen molar-refractivity contribution in [3.8, 4) is 0 Å². The molecule has 0 aliphatic carbocycles. The van der Waals surface area contributed by atoms with E-state index in [9.17, 15) is 9.59 Å². The van der Waals surface area contributed by atoms with Gasteiger partial charge in [0.2, 0.25) is 5.91 Å². The molecule has 1 aromatic rings. The van der Waals surface area contributed by atoms with Crippen LogP contribution in [0.2, 0.25) is 0 Å². The number of amides is 3. The van der Waals surface area contributed by atoms with Crippen molar-refractivity contribution < 1.29 is 9.59 Å². The highest BCUT2D eigenvalue weighted by Crippen LogP contribution is 2.03. The summed E-state index contributed by atoms with van der Waals surface area (Å²) in [5.41, 5.74) is 0.713. The zero-order valence-corrected chi connectivity index (χ0v) is 9.12. The fourth-order valence-corrected chi connectivity index (χ4v) is 1.11. The Morgan fingerprint density at radius 2 is 1.81 bits per heavy atom. The largest absolute Gasteiger partial charge is 0.338 e. The molecule has 1 rings (SSSR count). The number of benzene rings is 1. The second kappa shape index (κ2) is 6.44. The molecule has 3 N–H and O–H groups in total. The van der Waals surface area contributed by atoms with Gasteiger partial charge in [-0.25, -0.2) is 4.79 Å². The minimum absolute atomic E-state index is 0.0409. The molecule has 16 heavy (non-hydrogen) atoms. The van der Waals surface area contributed by atoms with Gasteiger partial charge in [0.05, 0.1) is 6.54 Å². The zero-order valence-electron chi connectivity index (χ0n) is 9.12. The molecule has 3 amide bonds. The van der Waals surface area contributed by atoms with Crippen LogP contribution in [0, 0.1) is 0 Å². The Bertz CT molecular complexity index is 352. The first-order valence-electron chi connectivity index (χ1n) is 5.09. The smallest absolute Gasteiger partial charge is 0.315 e. The summed E-state index contributed by atoms with van der Waals surface area (Å²) in [5, 5.41) is 7.63. The van der Waals surface area contributed by atoms with Crippen molar-refractivity contribution in [1.29, 1.82) is 0 Å². The summed E-state index contributed by atoms with van der Waals surface area (Å²) < 4.78 is 0. The lowest BCUT2D eigenvalue weighted by Gasteiger charge is -2.06. The molecule has 0 saturated heterocycles. The summed E-state index contributed by atoms with van der Waals surface area (Å²) in [6.45, 7) is 2.30. The fourth-order valence-electron chi connectivity index (χ4n) is 1.11. The number of carbonyl (C=O) groups is 2. The Labute approximate surface area is 94.2 Å². The van der Waals surface area contributed by atoms with Crippen molar-refractivity contribution in [3.63, 3.8) is 0 Å². The van der Waals surface area contributed by atoms with Crippen LogP contribution < -0.4 is 16.0 Å². The van der Waals surface area contributed by atoms with Gasteiger partial charge in [-0.3, -0.25) is 4.79 Å². The van der Waals surface area contributed by atoms with Gasteiger partial charge in [-0.2, -0.15) is 0 Å². The van der Waals surface area contributed by atoms with Crippen LogP contribution in [-0.2, 0) is 4.79 Å². The third-order valence-corrected chi connectivity index (χ3v) is 1.80. The lowest BCUT2D eigenvalue weighted by molar-refractivity contribution is -0.115. The Hall–Kier alpha value is -2.04. The second-order valence-corrected chi connectivity index (χ2v) is 3.13. The van der Waals surface area contributed by atoms with Crippen LogP contribution in [0.1, 0.15) is 6.92 Å². The van der Waals surface area contributed by atoms with Gasteiger partial charge in [-0.1, -0.05) is 18.2 Å². The molecule has 0 aliphatic rings. The monoisotopic (exact) mass is 221 g/mol. The van der Waals surface area contributed by atoms with Crippen LogP contribution in [-0.4, -0.2) is 25.0 Å². The van der Waals surface area contributed by atoms with Gasteiger partial charge in [0.15, 0.2) is 0 Å². The molecule has 0 aliphatic heterocycles. The average Bonchev–Trinajstić information content (AvgIpc) is 2.28. The van der Waals surface area contributed by atoms with Crippen molar-refractivity contribution in [2.75, 3.05) is 18.4 Å². The molecule has 0 heterocycles. The number of para-hydroxylation sites is 1. The Kier molecular flexibility index (Phi) is 4.85. The summed E-state index contributed by atoms with van der Waals surface area (Å²) >= 11 is 0. The quantitative estimate of drug-likeness (QED) is 0.708. The molecule has 0 radical (unpaired) electrons. The molecule has 0 unspecified atom stereocenters. The van der Waals surface area contributed by atoms with Crippen molar-refractivity contribution in [3.05, 3.63) is 30.3 Å². The SMILES string of the molecule is CCNC(=O)NCC(=O)Nc1ccccc1. The third kappa shape index (κ3) is 4.45. The van der Waals surface area contributed by atoms with E-state index >= 15 is 0 Å². The van der Waals surface area contributed by atoms with Crippen LogP contribution >= 0.6 is 0 Å². The Morgan fingerprint density at radius 1 is 1.12 bits per heavy atom. The standard InChI is InChI=1S/C11H15N3O2/c1-2-12-11(16)13-8-10(15)14-9-6-4-3-5-7-9/h3-7H,2,8H2,1H3,(H,14,15)(H2,12,13,16). The predicted octanol–water partition coefficient (Wildman–Crippen LogP) is 0.944. The normalized spacial score (nSPS) is 9.31. The van der Waals surface area contributed by atoms with Gasteiger partial charge in [0.25, 0.3) is 0 Å². The van der Waals surface area contributed by atoms with Gasteiger partial charge in [-0.15, -0.1) is 0 Å². The molecular weight excluding hydrogens is 206 g/mol. The highest BCUT2D eigenvalue weighted by Gasteiger charge is 2.03. The van der Waals surface area contributed by atoms with Crippen LogP contribution in [0.3, 0.4) is 0 Å². The summed E-state index contributed by atoms with van der Waals surface area (Å²) in [6.07, 6.45) is 0. The van der Waals surface area contributed by atoms with E-state index in [1.807, 2.05) is 25.1 Å². The fraction of sp³-hybridized carbons (Fsp3) is 0.273. The first kappa shape index (κ1) is 12.0. The molecule has 1 aromatic carbocycles. The number of nitrogens with one attached hydrogen (secondary N) is 3. The Morgan fingerprint density at radius 3 is 2.44 bits per heavy atom. The molecule has 86 valence electrons. The van der Waals surface area contributed by atoms with Gasteiger partial charge in [-0.05, 0) is 19.1 Å². The van der Waals surface area contributed by atoms with E-state index in [4.69, 9.17) is 0 Å². The van der Waals surface area contributed by atoms with Crippen molar-refractivity contribution >= 4 is 17.6 Å². The van der Waals surface area contributed by atoms with Crippen molar-refractivity contribution in [2.24, 2.45) is 0 Å². The maximum Gasteiger partial charge on any atom is 0.315 e. The zero-order chi connectivity index (χ0) is 11.8. The summed E-state index contributed by atoms with van der Waals surface area (Å²) in [7, 11) is 0. The van der Waals surface area contributed by atoms with Crippen molar-refractivity contribution in [1.82, 2.24) is 10.6 Å². The number of hydrogen-bond acceptors (Lipinski definition) is 2. The molecule has 0 saturated carbocycles. The van der Waals surface area contributed by atoms with E-state index in [1.165, 1.54) is 0 Å². The van der Waals surface area contributed by atoms with E-state index in [0.717, 1.165) is 0 Å². The molecule has 0 atom stereocenters. The summed E-state index contributed by atoms with van der Waals surface area (Å²) in [6, 6.07) is 8.74. The highest BCUT2D eigenvalue weighted by atomic mass is 16.2. The number of rotatable bonds is 4. The van der Waals surface area contributed by atoms with Gasteiger partial charge in [0.1, 0.15) is 0 Å². The van der Waals surface area contributed by atoms with Crippen LogP contribution in [0.4, 0.5) is 10.5 Å². The molecular formula is C11H15N3O2. The molecule has 0 spiro atoms. The number of hydrogen-bond donors (Lipinski definition) is 3. The molecule has 0 fully saturated rings. The second-order valence-electron chi connectivity index (χ2n) is 3.13. The van der Waals surface area contributed by atoms with Crippen LogP contribution in [0.5, 0.6) is 0 Å². The minimum atomic E-state index is -0.342. The number of carbonyl (C=O) groups excluding carboxylic acids is 2. The molecule has 0 aromatic heterocycles. The first-order valence-corrected chi connectivity index (χ1v) is 5.09. The third-order valence-electron chi connectivity index (χ3n) is 1.80. The molecule has 0 bridgehead atoms. The molecule has 5 nitrogen and oxygen atoms in total. The number of anilines is 1.